The second kappa shape index (κ2) is 8.62. The van der Waals surface area contributed by atoms with Crippen LogP contribution in [0.15, 0.2) is 59.7 Å². The van der Waals surface area contributed by atoms with Crippen molar-refractivity contribution in [2.24, 2.45) is 5.10 Å². The van der Waals surface area contributed by atoms with Crippen LogP contribution in [-0.4, -0.2) is 16.7 Å². The molecule has 0 fully saturated rings. The van der Waals surface area contributed by atoms with Crippen molar-refractivity contribution in [2.75, 3.05) is 0 Å². The maximum absolute atomic E-state index is 13.5. The summed E-state index contributed by atoms with van der Waals surface area (Å²) in [5.41, 5.74) is 4.17. The number of amides is 1. The minimum atomic E-state index is -0.312. The third-order valence-corrected chi connectivity index (χ3v) is 3.38. The molecule has 0 aliphatic heterocycles. The molecule has 1 amide bonds. The predicted octanol–water partition coefficient (Wildman–Crippen LogP) is 3.67. The van der Waals surface area contributed by atoms with Crippen LogP contribution in [0.1, 0.15) is 24.5 Å². The number of aromatic hydroxyl groups is 1. The van der Waals surface area contributed by atoms with Gasteiger partial charge in [-0.3, -0.25) is 4.79 Å². The molecule has 0 saturated carbocycles. The smallest absolute Gasteiger partial charge is 0.240 e. The number of hydrazone groups is 1. The van der Waals surface area contributed by atoms with Gasteiger partial charge in [0.2, 0.25) is 5.91 Å². The van der Waals surface area contributed by atoms with Gasteiger partial charge in [-0.2, -0.15) is 5.10 Å². The van der Waals surface area contributed by atoms with E-state index in [0.717, 1.165) is 0 Å². The third-order valence-electron chi connectivity index (χ3n) is 3.38. The summed E-state index contributed by atoms with van der Waals surface area (Å²) in [4.78, 5) is 11.8. The van der Waals surface area contributed by atoms with Crippen LogP contribution in [0, 0.1) is 5.82 Å². The number of carbonyl (C=O) groups is 1. The third kappa shape index (κ3) is 5.35. The monoisotopic (exact) mass is 326 g/mol. The van der Waals surface area contributed by atoms with Gasteiger partial charge in [-0.05, 0) is 37.1 Å². The Hall–Kier alpha value is -2.95. The van der Waals surface area contributed by atoms with Crippen molar-refractivity contribution in [1.29, 1.82) is 0 Å². The van der Waals surface area contributed by atoms with Gasteiger partial charge >= 0.3 is 0 Å². The Kier molecular flexibility index (Phi) is 6.25. The van der Waals surface area contributed by atoms with E-state index in [-0.39, 0.29) is 23.9 Å². The molecule has 0 aliphatic rings. The predicted molar refractivity (Wildman–Crippen MR) is 93.1 cm³/mol. The van der Waals surface area contributed by atoms with Gasteiger partial charge in [-0.15, -0.1) is 0 Å². The fraction of sp³-hybridized carbons (Fsp3) is 0.158. The highest BCUT2D eigenvalue weighted by Crippen LogP contribution is 2.17. The molecule has 2 aromatic rings. The first kappa shape index (κ1) is 17.4. The molecule has 2 rings (SSSR count). The zero-order valence-corrected chi connectivity index (χ0v) is 13.4. The van der Waals surface area contributed by atoms with E-state index in [2.05, 4.69) is 10.5 Å². The number of halogens is 1. The Bertz CT molecular complexity index is 769. The van der Waals surface area contributed by atoms with Crippen molar-refractivity contribution < 1.29 is 14.3 Å². The van der Waals surface area contributed by atoms with Gasteiger partial charge in [-0.1, -0.05) is 42.5 Å². The second-order valence-corrected chi connectivity index (χ2v) is 5.27. The quantitative estimate of drug-likeness (QED) is 0.628. The van der Waals surface area contributed by atoms with Crippen molar-refractivity contribution in [3.8, 4) is 5.75 Å². The molecule has 0 atom stereocenters. The molecule has 24 heavy (non-hydrogen) atoms. The number of allylic oxidation sites excluding steroid dienone is 1. The first-order valence-electron chi connectivity index (χ1n) is 7.59. The number of aryl methyl sites for hydroxylation is 1. The van der Waals surface area contributed by atoms with Crippen LogP contribution in [0.4, 0.5) is 4.39 Å². The Labute approximate surface area is 140 Å². The summed E-state index contributed by atoms with van der Waals surface area (Å²) < 4.78 is 13.5. The Morgan fingerprint density at radius 1 is 1.21 bits per heavy atom. The van der Waals surface area contributed by atoms with Gasteiger partial charge in [0.1, 0.15) is 11.6 Å². The molecule has 2 N–H and O–H groups in total. The summed E-state index contributed by atoms with van der Waals surface area (Å²) in [5.74, 6) is -0.386. The van der Waals surface area contributed by atoms with Crippen LogP contribution < -0.4 is 5.43 Å². The average Bonchev–Trinajstić information content (AvgIpc) is 2.58. The summed E-state index contributed by atoms with van der Waals surface area (Å²) in [7, 11) is 0. The Morgan fingerprint density at radius 2 is 1.92 bits per heavy atom. The topological polar surface area (TPSA) is 61.7 Å². The molecule has 4 nitrogen and oxygen atoms in total. The molecule has 0 radical (unpaired) electrons. The first-order chi connectivity index (χ1) is 11.6. The number of nitrogens with zero attached hydrogens (tertiary/aromatic N) is 1. The standard InChI is InChI=1S/C19H19FN2O2/c1-14(10-11-15-6-2-4-8-17(15)20)21-22-19(24)13-12-16-7-3-5-9-18(16)23/h2-11,23H,12-13H2,1H3,(H,22,24). The minimum Gasteiger partial charge on any atom is -0.508 e. The highest BCUT2D eigenvalue weighted by Gasteiger charge is 2.04. The van der Waals surface area contributed by atoms with E-state index in [1.165, 1.54) is 6.07 Å². The highest BCUT2D eigenvalue weighted by molar-refractivity contribution is 5.97. The van der Waals surface area contributed by atoms with Gasteiger partial charge in [0.05, 0.1) is 5.71 Å². The van der Waals surface area contributed by atoms with Crippen molar-refractivity contribution in [3.05, 3.63) is 71.6 Å². The molecule has 0 heterocycles. The number of carbonyl (C=O) groups excluding carboxylic acids is 1. The van der Waals surface area contributed by atoms with Gasteiger partial charge in [0.25, 0.3) is 0 Å². The lowest BCUT2D eigenvalue weighted by Crippen LogP contribution is -2.18. The molecule has 124 valence electrons. The van der Waals surface area contributed by atoms with Gasteiger partial charge in [0.15, 0.2) is 0 Å². The molecule has 0 saturated heterocycles. The SMILES string of the molecule is CC(C=Cc1ccccc1F)=NNC(=O)CCc1ccccc1O. The Morgan fingerprint density at radius 3 is 2.67 bits per heavy atom. The van der Waals surface area contributed by atoms with E-state index < -0.39 is 0 Å². The average molecular weight is 326 g/mol. The molecule has 5 heteroatoms. The number of nitrogens with one attached hydrogen (secondary N) is 1. The van der Waals surface area contributed by atoms with Crippen molar-refractivity contribution in [1.82, 2.24) is 5.43 Å². The summed E-state index contributed by atoms with van der Waals surface area (Å²) in [6.45, 7) is 1.71. The zero-order valence-electron chi connectivity index (χ0n) is 13.4. The largest absolute Gasteiger partial charge is 0.508 e. The van der Waals surface area contributed by atoms with E-state index in [0.29, 0.717) is 23.3 Å². The van der Waals surface area contributed by atoms with Crippen LogP contribution in [0.2, 0.25) is 0 Å². The fourth-order valence-electron chi connectivity index (χ4n) is 2.03. The summed E-state index contributed by atoms with van der Waals surface area (Å²) in [6.07, 6.45) is 3.87. The normalized spacial score (nSPS) is 11.7. The molecular weight excluding hydrogens is 307 g/mol. The van der Waals surface area contributed by atoms with Crippen molar-refractivity contribution in [3.63, 3.8) is 0 Å². The van der Waals surface area contributed by atoms with Crippen molar-refractivity contribution >= 4 is 17.7 Å². The maximum atomic E-state index is 13.5. The Balaban J connectivity index is 1.84. The van der Waals surface area contributed by atoms with E-state index in [4.69, 9.17) is 0 Å². The summed E-state index contributed by atoms with van der Waals surface area (Å²) in [6, 6.07) is 13.3. The van der Waals surface area contributed by atoms with Gasteiger partial charge < -0.3 is 5.11 Å². The number of benzene rings is 2. The molecule has 0 bridgehead atoms. The number of para-hydroxylation sites is 1. The number of hydrogen-bond donors (Lipinski definition) is 2. The molecule has 0 spiro atoms. The minimum absolute atomic E-state index is 0.179. The van der Waals surface area contributed by atoms with Crippen LogP contribution in [0.5, 0.6) is 5.75 Å². The van der Waals surface area contributed by atoms with E-state index >= 15 is 0 Å². The number of phenolic OH excluding ortho intramolecular Hbond substituents is 1. The maximum Gasteiger partial charge on any atom is 0.240 e. The number of hydrogen-bond acceptors (Lipinski definition) is 3. The van der Waals surface area contributed by atoms with Gasteiger partial charge in [-0.25, -0.2) is 9.82 Å². The molecule has 2 aromatic carbocycles. The molecular formula is C19H19FN2O2. The van der Waals surface area contributed by atoms with Crippen LogP contribution in [-0.2, 0) is 11.2 Å². The second-order valence-electron chi connectivity index (χ2n) is 5.27. The zero-order chi connectivity index (χ0) is 17.4. The number of phenols is 1. The molecule has 0 aromatic heterocycles. The van der Waals surface area contributed by atoms with Crippen LogP contribution in [0.25, 0.3) is 6.08 Å². The summed E-state index contributed by atoms with van der Waals surface area (Å²) in [5, 5.41) is 13.6. The van der Waals surface area contributed by atoms with Crippen LogP contribution in [0.3, 0.4) is 0 Å². The van der Waals surface area contributed by atoms with Crippen LogP contribution >= 0.6 is 0 Å². The van der Waals surface area contributed by atoms with E-state index in [1.54, 1.807) is 55.5 Å². The van der Waals surface area contributed by atoms with E-state index in [9.17, 15) is 14.3 Å². The lowest BCUT2D eigenvalue weighted by molar-refractivity contribution is -0.121. The summed E-state index contributed by atoms with van der Waals surface area (Å²) >= 11 is 0. The van der Waals surface area contributed by atoms with Gasteiger partial charge in [0, 0.05) is 12.0 Å². The number of rotatable bonds is 6. The molecule has 0 unspecified atom stereocenters. The molecule has 0 aliphatic carbocycles. The fourth-order valence-corrected chi connectivity index (χ4v) is 2.03. The first-order valence-corrected chi connectivity index (χ1v) is 7.59. The highest BCUT2D eigenvalue weighted by atomic mass is 19.1. The lowest BCUT2D eigenvalue weighted by atomic mass is 10.1. The van der Waals surface area contributed by atoms with Crippen molar-refractivity contribution in [2.45, 2.75) is 19.8 Å². The van der Waals surface area contributed by atoms with E-state index in [1.807, 2.05) is 6.07 Å². The lowest BCUT2D eigenvalue weighted by Gasteiger charge is -2.03.